The van der Waals surface area contributed by atoms with Crippen molar-refractivity contribution >= 4 is 11.9 Å². The molecule has 1 saturated carbocycles. The van der Waals surface area contributed by atoms with Gasteiger partial charge >= 0.3 is 11.9 Å². The maximum absolute atomic E-state index is 12.2. The van der Waals surface area contributed by atoms with Crippen LogP contribution in [-0.2, 0) is 30.4 Å². The van der Waals surface area contributed by atoms with Gasteiger partial charge in [-0.1, -0.05) is 30.3 Å². The molecule has 0 bridgehead atoms. The topological polar surface area (TPSA) is 61.8 Å². The van der Waals surface area contributed by atoms with Gasteiger partial charge in [-0.15, -0.1) is 0 Å². The third-order valence-corrected chi connectivity index (χ3v) is 4.43. The average molecular weight is 334 g/mol. The molecule has 5 heteroatoms. The van der Waals surface area contributed by atoms with E-state index < -0.39 is 17.9 Å². The summed E-state index contributed by atoms with van der Waals surface area (Å²) in [6.45, 7) is 5.07. The highest BCUT2D eigenvalue weighted by Crippen LogP contribution is 2.41. The summed E-state index contributed by atoms with van der Waals surface area (Å²) >= 11 is 0. The van der Waals surface area contributed by atoms with E-state index in [0.29, 0.717) is 13.2 Å². The number of ether oxygens (including phenoxy) is 3. The number of carbonyl (C=O) groups excluding carboxylic acids is 2. The normalized spacial score (nSPS) is 19.6. The smallest absolute Gasteiger partial charge is 0.320 e. The largest absolute Gasteiger partial charge is 0.465 e. The van der Waals surface area contributed by atoms with Gasteiger partial charge in [0, 0.05) is 0 Å². The second kappa shape index (κ2) is 9.42. The molecule has 0 amide bonds. The average Bonchev–Trinajstić information content (AvgIpc) is 2.56. The molecule has 0 aromatic heterocycles. The highest BCUT2D eigenvalue weighted by molar-refractivity contribution is 5.95. The van der Waals surface area contributed by atoms with E-state index in [2.05, 4.69) is 0 Å². The highest BCUT2D eigenvalue weighted by Gasteiger charge is 2.46. The fourth-order valence-corrected chi connectivity index (χ4v) is 3.05. The summed E-state index contributed by atoms with van der Waals surface area (Å²) in [6, 6.07) is 9.94. The van der Waals surface area contributed by atoms with Gasteiger partial charge in [-0.3, -0.25) is 9.59 Å². The summed E-state index contributed by atoms with van der Waals surface area (Å²) < 4.78 is 15.9. The minimum absolute atomic E-state index is 0.0566. The Hall–Kier alpha value is -1.88. The minimum Gasteiger partial charge on any atom is -0.465 e. The maximum Gasteiger partial charge on any atom is 0.320 e. The number of rotatable bonds is 9. The Morgan fingerprint density at radius 3 is 2.17 bits per heavy atom. The standard InChI is InChI=1S/C19H26O5/c1-3-23-18(20)17(19(21)24-4-2)16-11-10-15(16)13-22-12-14-8-6-5-7-9-14/h5-9,15-17H,3-4,10-13H2,1-2H3. The van der Waals surface area contributed by atoms with Gasteiger partial charge in [0.25, 0.3) is 0 Å². The number of hydrogen-bond acceptors (Lipinski definition) is 5. The molecule has 1 fully saturated rings. The zero-order valence-corrected chi connectivity index (χ0v) is 14.4. The summed E-state index contributed by atoms with van der Waals surface area (Å²) in [4.78, 5) is 24.3. The van der Waals surface area contributed by atoms with Gasteiger partial charge in [0.05, 0.1) is 26.4 Å². The second-order valence-electron chi connectivity index (χ2n) is 5.98. The molecule has 0 aliphatic heterocycles. The molecule has 5 nitrogen and oxygen atoms in total. The molecule has 2 rings (SSSR count). The maximum atomic E-state index is 12.2. The van der Waals surface area contributed by atoms with Crippen molar-refractivity contribution in [1.29, 1.82) is 0 Å². The van der Waals surface area contributed by atoms with E-state index in [1.54, 1.807) is 13.8 Å². The second-order valence-corrected chi connectivity index (χ2v) is 5.98. The fraction of sp³-hybridized carbons (Fsp3) is 0.579. The monoisotopic (exact) mass is 334 g/mol. The van der Waals surface area contributed by atoms with Gasteiger partial charge in [-0.2, -0.15) is 0 Å². The predicted molar refractivity (Wildman–Crippen MR) is 89.1 cm³/mol. The van der Waals surface area contributed by atoms with E-state index >= 15 is 0 Å². The van der Waals surface area contributed by atoms with Crippen molar-refractivity contribution in [2.75, 3.05) is 19.8 Å². The van der Waals surface area contributed by atoms with Gasteiger partial charge in [-0.05, 0) is 44.1 Å². The van der Waals surface area contributed by atoms with Crippen molar-refractivity contribution in [3.63, 3.8) is 0 Å². The van der Waals surface area contributed by atoms with Gasteiger partial charge < -0.3 is 14.2 Å². The molecular weight excluding hydrogens is 308 g/mol. The van der Waals surface area contributed by atoms with Gasteiger partial charge in [-0.25, -0.2) is 0 Å². The van der Waals surface area contributed by atoms with Crippen LogP contribution < -0.4 is 0 Å². The lowest BCUT2D eigenvalue weighted by Crippen LogP contribution is -2.44. The number of benzene rings is 1. The molecule has 1 aliphatic carbocycles. The molecule has 0 saturated heterocycles. The van der Waals surface area contributed by atoms with Crippen LogP contribution in [0, 0.1) is 17.8 Å². The fourth-order valence-electron chi connectivity index (χ4n) is 3.05. The Labute approximate surface area is 143 Å². The lowest BCUT2D eigenvalue weighted by molar-refractivity contribution is -0.169. The SMILES string of the molecule is CCOC(=O)C(C(=O)OCC)C1CCC1COCc1ccccc1. The first-order chi connectivity index (χ1) is 11.7. The predicted octanol–water partition coefficient (Wildman–Crippen LogP) is 2.97. The van der Waals surface area contributed by atoms with Crippen LogP contribution in [0.3, 0.4) is 0 Å². The van der Waals surface area contributed by atoms with Crippen LogP contribution >= 0.6 is 0 Å². The van der Waals surface area contributed by atoms with E-state index in [4.69, 9.17) is 14.2 Å². The lowest BCUT2D eigenvalue weighted by Gasteiger charge is -2.39. The van der Waals surface area contributed by atoms with Crippen LogP contribution in [0.1, 0.15) is 32.3 Å². The molecule has 2 unspecified atom stereocenters. The molecule has 0 heterocycles. The van der Waals surface area contributed by atoms with Crippen molar-refractivity contribution in [2.45, 2.75) is 33.3 Å². The van der Waals surface area contributed by atoms with Crippen LogP contribution in [-0.4, -0.2) is 31.8 Å². The molecular formula is C19H26O5. The Bertz CT molecular complexity index is 510. The molecule has 0 N–H and O–H groups in total. The first-order valence-electron chi connectivity index (χ1n) is 8.62. The van der Waals surface area contributed by atoms with E-state index in [-0.39, 0.29) is 25.0 Å². The quantitative estimate of drug-likeness (QED) is 0.513. The summed E-state index contributed by atoms with van der Waals surface area (Å²) in [5, 5.41) is 0. The van der Waals surface area contributed by atoms with Crippen molar-refractivity contribution in [2.24, 2.45) is 17.8 Å². The number of carbonyl (C=O) groups is 2. The van der Waals surface area contributed by atoms with E-state index in [1.807, 2.05) is 30.3 Å². The molecule has 24 heavy (non-hydrogen) atoms. The van der Waals surface area contributed by atoms with Crippen LogP contribution in [0.15, 0.2) is 30.3 Å². The van der Waals surface area contributed by atoms with Crippen molar-refractivity contribution in [3.05, 3.63) is 35.9 Å². The number of esters is 2. The molecule has 1 aromatic rings. The molecule has 0 radical (unpaired) electrons. The van der Waals surface area contributed by atoms with Crippen LogP contribution in [0.2, 0.25) is 0 Å². The molecule has 1 aromatic carbocycles. The molecule has 0 spiro atoms. The van der Waals surface area contributed by atoms with Crippen LogP contribution in [0.4, 0.5) is 0 Å². The Kier molecular flexibility index (Phi) is 7.25. The third-order valence-electron chi connectivity index (χ3n) is 4.43. The summed E-state index contributed by atoms with van der Waals surface area (Å²) in [5.74, 6) is -1.65. The van der Waals surface area contributed by atoms with E-state index in [0.717, 1.165) is 18.4 Å². The molecule has 132 valence electrons. The first kappa shape index (κ1) is 18.5. The molecule has 2 atom stereocenters. The Morgan fingerprint density at radius 1 is 1.04 bits per heavy atom. The summed E-state index contributed by atoms with van der Waals surface area (Å²) in [5.41, 5.74) is 1.11. The third kappa shape index (κ3) is 4.81. The van der Waals surface area contributed by atoms with E-state index in [9.17, 15) is 9.59 Å². The molecule has 1 aliphatic rings. The zero-order chi connectivity index (χ0) is 17.4. The first-order valence-corrected chi connectivity index (χ1v) is 8.62. The highest BCUT2D eigenvalue weighted by atomic mass is 16.6. The minimum atomic E-state index is -0.830. The lowest BCUT2D eigenvalue weighted by atomic mass is 9.67. The Balaban J connectivity index is 1.89. The van der Waals surface area contributed by atoms with Gasteiger partial charge in [0.2, 0.25) is 0 Å². The zero-order valence-electron chi connectivity index (χ0n) is 14.4. The van der Waals surface area contributed by atoms with Crippen molar-refractivity contribution in [1.82, 2.24) is 0 Å². The Morgan fingerprint density at radius 2 is 1.67 bits per heavy atom. The van der Waals surface area contributed by atoms with Gasteiger partial charge in [0.15, 0.2) is 5.92 Å². The van der Waals surface area contributed by atoms with Crippen molar-refractivity contribution < 1.29 is 23.8 Å². The number of hydrogen-bond donors (Lipinski definition) is 0. The van der Waals surface area contributed by atoms with Crippen LogP contribution in [0.5, 0.6) is 0 Å². The van der Waals surface area contributed by atoms with Gasteiger partial charge in [0.1, 0.15) is 0 Å². The van der Waals surface area contributed by atoms with Crippen LogP contribution in [0.25, 0.3) is 0 Å². The summed E-state index contributed by atoms with van der Waals surface area (Å²) in [7, 11) is 0. The van der Waals surface area contributed by atoms with Crippen molar-refractivity contribution in [3.8, 4) is 0 Å². The summed E-state index contributed by atoms with van der Waals surface area (Å²) in [6.07, 6.45) is 1.77. The van der Waals surface area contributed by atoms with E-state index in [1.165, 1.54) is 0 Å².